The molecule has 3 rings (SSSR count). The first-order valence-electron chi connectivity index (χ1n) is 7.46. The van der Waals surface area contributed by atoms with Gasteiger partial charge in [-0.1, -0.05) is 5.16 Å². The molecule has 0 aliphatic heterocycles. The number of carbonyl (C=O) groups is 2. The molecule has 2 amide bonds. The van der Waals surface area contributed by atoms with Gasteiger partial charge in [-0.05, 0) is 59.7 Å². The molecular formula is C18H15N3O3S. The number of anilines is 2. The van der Waals surface area contributed by atoms with Crippen molar-refractivity contribution in [3.05, 3.63) is 70.3 Å². The fraction of sp³-hybridized carbons (Fsp3) is 0.0556. The summed E-state index contributed by atoms with van der Waals surface area (Å²) in [5.74, 6) is -0.0592. The van der Waals surface area contributed by atoms with Gasteiger partial charge in [-0.3, -0.25) is 9.59 Å². The van der Waals surface area contributed by atoms with Crippen molar-refractivity contribution in [1.82, 2.24) is 5.16 Å². The number of aryl methyl sites for hydroxylation is 1. The molecule has 0 bridgehead atoms. The van der Waals surface area contributed by atoms with Crippen LogP contribution in [0.3, 0.4) is 0 Å². The SMILES string of the molecule is Cc1oncc1C(=O)Nc1ccc(NC(=O)/C=C/c2ccsc2)cc1. The molecule has 0 spiro atoms. The zero-order valence-electron chi connectivity index (χ0n) is 13.4. The Labute approximate surface area is 148 Å². The number of amides is 2. The molecule has 0 saturated heterocycles. The van der Waals surface area contributed by atoms with Crippen LogP contribution in [0.1, 0.15) is 21.7 Å². The number of rotatable bonds is 5. The summed E-state index contributed by atoms with van der Waals surface area (Å²) in [6.07, 6.45) is 4.60. The molecule has 2 aromatic heterocycles. The highest BCUT2D eigenvalue weighted by molar-refractivity contribution is 7.08. The fourth-order valence-electron chi connectivity index (χ4n) is 2.08. The maximum Gasteiger partial charge on any atom is 0.260 e. The topological polar surface area (TPSA) is 84.2 Å². The highest BCUT2D eigenvalue weighted by Crippen LogP contribution is 2.16. The largest absolute Gasteiger partial charge is 0.361 e. The third kappa shape index (κ3) is 4.42. The van der Waals surface area contributed by atoms with Crippen LogP contribution in [0.25, 0.3) is 6.08 Å². The molecule has 0 aliphatic rings. The van der Waals surface area contributed by atoms with E-state index in [2.05, 4.69) is 15.8 Å². The monoisotopic (exact) mass is 353 g/mol. The Bertz CT molecular complexity index is 896. The summed E-state index contributed by atoms with van der Waals surface area (Å²) in [4.78, 5) is 23.9. The zero-order valence-corrected chi connectivity index (χ0v) is 14.2. The lowest BCUT2D eigenvalue weighted by Crippen LogP contribution is -2.12. The number of nitrogens with zero attached hydrogens (tertiary/aromatic N) is 1. The van der Waals surface area contributed by atoms with Gasteiger partial charge in [0.2, 0.25) is 5.91 Å². The first-order chi connectivity index (χ1) is 12.1. The van der Waals surface area contributed by atoms with Crippen molar-refractivity contribution in [1.29, 1.82) is 0 Å². The molecule has 0 atom stereocenters. The van der Waals surface area contributed by atoms with Crippen LogP contribution in [-0.2, 0) is 4.79 Å². The summed E-state index contributed by atoms with van der Waals surface area (Å²) in [5, 5.41) is 13.0. The smallest absolute Gasteiger partial charge is 0.260 e. The van der Waals surface area contributed by atoms with Gasteiger partial charge in [0.15, 0.2) is 0 Å². The summed E-state index contributed by atoms with van der Waals surface area (Å²) in [6.45, 7) is 1.67. The molecule has 25 heavy (non-hydrogen) atoms. The molecule has 2 heterocycles. The Kier molecular flexibility index (Phi) is 5.06. The van der Waals surface area contributed by atoms with E-state index in [1.807, 2.05) is 16.8 Å². The molecule has 3 aromatic rings. The predicted molar refractivity (Wildman–Crippen MR) is 97.6 cm³/mol. The van der Waals surface area contributed by atoms with E-state index < -0.39 is 0 Å². The van der Waals surface area contributed by atoms with Crippen molar-refractivity contribution in [2.24, 2.45) is 0 Å². The predicted octanol–water partition coefficient (Wildman–Crippen LogP) is 3.95. The van der Waals surface area contributed by atoms with Crippen molar-refractivity contribution in [2.45, 2.75) is 6.92 Å². The number of benzene rings is 1. The summed E-state index contributed by atoms with van der Waals surface area (Å²) in [5.41, 5.74) is 2.62. The van der Waals surface area contributed by atoms with Crippen LogP contribution in [0.4, 0.5) is 11.4 Å². The van der Waals surface area contributed by atoms with Crippen LogP contribution < -0.4 is 10.6 Å². The van der Waals surface area contributed by atoms with E-state index in [-0.39, 0.29) is 11.8 Å². The average Bonchev–Trinajstić information content (AvgIpc) is 3.26. The molecular weight excluding hydrogens is 338 g/mol. The minimum atomic E-state index is -0.297. The van der Waals surface area contributed by atoms with E-state index in [0.29, 0.717) is 22.7 Å². The van der Waals surface area contributed by atoms with Crippen LogP contribution in [-0.4, -0.2) is 17.0 Å². The van der Waals surface area contributed by atoms with Crippen molar-refractivity contribution in [3.63, 3.8) is 0 Å². The van der Waals surface area contributed by atoms with E-state index in [4.69, 9.17) is 4.52 Å². The Morgan fingerprint density at radius 3 is 2.44 bits per heavy atom. The van der Waals surface area contributed by atoms with Gasteiger partial charge in [0.05, 0.1) is 6.20 Å². The van der Waals surface area contributed by atoms with Gasteiger partial charge in [0, 0.05) is 17.5 Å². The summed E-state index contributed by atoms with van der Waals surface area (Å²) in [6, 6.07) is 8.78. The molecule has 1 aromatic carbocycles. The molecule has 126 valence electrons. The van der Waals surface area contributed by atoms with Crippen LogP contribution in [0.2, 0.25) is 0 Å². The first-order valence-corrected chi connectivity index (χ1v) is 8.40. The summed E-state index contributed by atoms with van der Waals surface area (Å²) in [7, 11) is 0. The molecule has 7 heteroatoms. The Balaban J connectivity index is 1.57. The van der Waals surface area contributed by atoms with Gasteiger partial charge in [0.1, 0.15) is 11.3 Å². The van der Waals surface area contributed by atoms with Gasteiger partial charge in [-0.25, -0.2) is 0 Å². The number of aromatic nitrogens is 1. The second kappa shape index (κ2) is 7.59. The number of carbonyl (C=O) groups excluding carboxylic acids is 2. The number of thiophene rings is 1. The third-order valence-corrected chi connectivity index (χ3v) is 4.08. The fourth-order valence-corrected chi connectivity index (χ4v) is 2.71. The van der Waals surface area contributed by atoms with E-state index in [1.165, 1.54) is 12.3 Å². The van der Waals surface area contributed by atoms with E-state index in [0.717, 1.165) is 5.56 Å². The van der Waals surface area contributed by atoms with Crippen molar-refractivity contribution < 1.29 is 14.1 Å². The second-order valence-corrected chi connectivity index (χ2v) is 5.99. The van der Waals surface area contributed by atoms with Crippen LogP contribution in [0.15, 0.2) is 57.9 Å². The highest BCUT2D eigenvalue weighted by atomic mass is 32.1. The Morgan fingerprint density at radius 1 is 1.12 bits per heavy atom. The third-order valence-electron chi connectivity index (χ3n) is 3.38. The van der Waals surface area contributed by atoms with Gasteiger partial charge in [-0.15, -0.1) is 0 Å². The minimum Gasteiger partial charge on any atom is -0.361 e. The lowest BCUT2D eigenvalue weighted by Gasteiger charge is -2.06. The maximum atomic E-state index is 12.1. The lowest BCUT2D eigenvalue weighted by molar-refractivity contribution is -0.111. The number of hydrogen-bond donors (Lipinski definition) is 2. The van der Waals surface area contributed by atoms with Gasteiger partial charge in [0.25, 0.3) is 5.91 Å². The highest BCUT2D eigenvalue weighted by Gasteiger charge is 2.12. The zero-order chi connectivity index (χ0) is 17.6. The number of hydrogen-bond acceptors (Lipinski definition) is 5. The maximum absolute atomic E-state index is 12.1. The Morgan fingerprint density at radius 2 is 1.84 bits per heavy atom. The molecule has 0 saturated carbocycles. The van der Waals surface area contributed by atoms with Crippen LogP contribution in [0.5, 0.6) is 0 Å². The summed E-state index contributed by atoms with van der Waals surface area (Å²) >= 11 is 1.57. The first kappa shape index (κ1) is 16.7. The normalized spacial score (nSPS) is 10.8. The summed E-state index contributed by atoms with van der Waals surface area (Å²) < 4.78 is 4.87. The van der Waals surface area contributed by atoms with Gasteiger partial charge >= 0.3 is 0 Å². The minimum absolute atomic E-state index is 0.219. The molecule has 2 N–H and O–H groups in total. The van der Waals surface area contributed by atoms with E-state index in [9.17, 15) is 9.59 Å². The average molecular weight is 353 g/mol. The van der Waals surface area contributed by atoms with Crippen molar-refractivity contribution >= 4 is 40.6 Å². The molecule has 0 aliphatic carbocycles. The Hall–Kier alpha value is -3.19. The molecule has 0 unspecified atom stereocenters. The van der Waals surface area contributed by atoms with Gasteiger partial charge < -0.3 is 15.2 Å². The van der Waals surface area contributed by atoms with E-state index >= 15 is 0 Å². The van der Waals surface area contributed by atoms with E-state index in [1.54, 1.807) is 48.6 Å². The van der Waals surface area contributed by atoms with Crippen molar-refractivity contribution in [3.8, 4) is 0 Å². The van der Waals surface area contributed by atoms with Crippen molar-refractivity contribution in [2.75, 3.05) is 10.6 Å². The quantitative estimate of drug-likeness (QED) is 0.680. The number of nitrogens with one attached hydrogen (secondary N) is 2. The lowest BCUT2D eigenvalue weighted by atomic mass is 10.2. The standard InChI is InChI=1S/C18H15N3O3S/c1-12-16(10-19-24-12)18(23)21-15-5-3-14(4-6-15)20-17(22)7-2-13-8-9-25-11-13/h2-11H,1H3,(H,20,22)(H,21,23)/b7-2+. The van der Waals surface area contributed by atoms with Crippen LogP contribution in [0, 0.1) is 6.92 Å². The molecule has 6 nitrogen and oxygen atoms in total. The molecule has 0 fully saturated rings. The second-order valence-electron chi connectivity index (χ2n) is 5.21. The van der Waals surface area contributed by atoms with Gasteiger partial charge in [-0.2, -0.15) is 11.3 Å². The molecule has 0 radical (unpaired) electrons. The van der Waals surface area contributed by atoms with Crippen LogP contribution >= 0.6 is 11.3 Å².